The second-order valence-electron chi connectivity index (χ2n) is 47.9. The summed E-state index contributed by atoms with van der Waals surface area (Å²) in [5.74, 6) is 3.70. The van der Waals surface area contributed by atoms with Crippen LogP contribution < -0.4 is 0 Å². The molecule has 0 aliphatic rings. The molecule has 15 aromatic rings. The third-order valence-corrected chi connectivity index (χ3v) is 23.9. The van der Waals surface area contributed by atoms with E-state index in [1.165, 1.54) is 55.6 Å². The highest BCUT2D eigenvalue weighted by Crippen LogP contribution is 2.32. The molecule has 0 spiro atoms. The monoisotopic (exact) mass is 2190 g/mol. The molecule has 0 aliphatic heterocycles. The van der Waals surface area contributed by atoms with Gasteiger partial charge in [-0.25, -0.2) is 24.9 Å². The minimum absolute atomic E-state index is 0. The molecule has 0 aromatic carbocycles. The largest absolute Gasteiger partial charge is 0.472 e. The van der Waals surface area contributed by atoms with Gasteiger partial charge in [-0.1, -0.05) is 419 Å². The number of furan rings is 2. The number of oxazole rings is 3. The van der Waals surface area contributed by atoms with Crippen molar-refractivity contribution in [3.05, 3.63) is 307 Å². The number of nitrogens with one attached hydrogen (secondary N) is 2. The molecule has 0 bridgehead atoms. The minimum Gasteiger partial charge on any atom is -0.472 e. The minimum atomic E-state index is 0. The van der Waals surface area contributed by atoms with Gasteiger partial charge in [0.25, 0.3) is 0 Å². The Hall–Kier alpha value is -9.26. The quantitative estimate of drug-likeness (QED) is 0.144. The standard InChI is InChI=1S/3C8H13N.2C8H12O.2C8H12S.5C7H11NO.3C7H11NS.15CH4/c1-8(2,3)7-4-5-9-6-7;1-8(2,3)9-6-4-5-7-9;1-8(2,3)7-5-4-6-9-7;1-8(2,3)7-4-5-9-6-7;1-8(2,3)7-5-4-6-9-7;1-8(2,3)7-4-5-9-6-7;1-8(2,3)7-5-4-6-9-7;1-7(2,3)6-4-9-5-8-6;1-7(2,3)6-4-8-5-9-6;1-7(2,3)6-4-8-9-5-6;1-7(2,3)6-8-4-5-9-6;1-7(2,3)6-4-5-8-9-6;1-7(2,3)6-4-9-5-8-6;1-7(2,3)6-4-8-5-9-6;1-7(2,3)6-8-4-5-9-6;;;;;;;;;;;;;;;/h4-6,9H,1-3H3;4-7H,1-3H3;4-6,9H,1-3H3;4*4-6H,1-3H3;8*4-5H,1-3H3;15*1H4. The van der Waals surface area contributed by atoms with Crippen molar-refractivity contribution in [2.45, 2.75) is 504 Å². The van der Waals surface area contributed by atoms with E-state index >= 15 is 0 Å². The van der Waals surface area contributed by atoms with Gasteiger partial charge in [0, 0.05) is 130 Å². The molecule has 0 aliphatic carbocycles. The van der Waals surface area contributed by atoms with Crippen molar-refractivity contribution in [1.82, 2.24) is 54.8 Å². The summed E-state index contributed by atoms with van der Waals surface area (Å²) in [7, 11) is 0. The van der Waals surface area contributed by atoms with Gasteiger partial charge in [0.2, 0.25) is 0 Å². The second kappa shape index (κ2) is 78.0. The van der Waals surface area contributed by atoms with Gasteiger partial charge in [-0.3, -0.25) is 4.98 Å². The highest BCUT2D eigenvalue weighted by Gasteiger charge is 2.24. The first-order valence-corrected chi connectivity index (χ1v) is 50.8. The van der Waals surface area contributed by atoms with Crippen LogP contribution in [0, 0.1) is 0 Å². The van der Waals surface area contributed by atoms with Crippen molar-refractivity contribution in [3.8, 4) is 0 Å². The van der Waals surface area contributed by atoms with E-state index in [1.807, 2.05) is 101 Å². The van der Waals surface area contributed by atoms with Gasteiger partial charge in [-0.2, -0.15) is 11.3 Å². The lowest BCUT2D eigenvalue weighted by molar-refractivity contribution is 0.329. The highest BCUT2D eigenvalue weighted by atomic mass is 32.1. The Morgan fingerprint density at radius 1 is 0.300 bits per heavy atom. The number of aromatic nitrogens is 11. The lowest BCUT2D eigenvalue weighted by Gasteiger charge is -2.20. The Balaban J connectivity index is -0.0000000994. The van der Waals surface area contributed by atoms with E-state index < -0.39 is 0 Å². The molecule has 23 heteroatoms. The average Bonchev–Trinajstić information content (AvgIpc) is 1.62. The molecule has 2 N–H and O–H groups in total. The van der Waals surface area contributed by atoms with Gasteiger partial charge in [-0.05, 0) is 147 Å². The van der Waals surface area contributed by atoms with Crippen LogP contribution in [-0.4, -0.2) is 54.8 Å². The predicted molar refractivity (Wildman–Crippen MR) is 679 cm³/mol. The lowest BCUT2D eigenvalue weighted by atomic mass is 9.89. The normalized spacial score (nSPS) is 10.7. The molecule has 15 heterocycles. The van der Waals surface area contributed by atoms with E-state index in [9.17, 15) is 0 Å². The summed E-state index contributed by atoms with van der Waals surface area (Å²) in [6.07, 6.45) is 33.8. The maximum absolute atomic E-state index is 5.20. The van der Waals surface area contributed by atoms with Crippen LogP contribution in [0.25, 0.3) is 0 Å². The van der Waals surface area contributed by atoms with Gasteiger partial charge in [0.15, 0.2) is 18.7 Å². The highest BCUT2D eigenvalue weighted by molar-refractivity contribution is 7.10. The predicted octanol–water partition coefficient (Wildman–Crippen LogP) is 44.8. The Morgan fingerprint density at radius 3 is 1.04 bits per heavy atom. The average molecular weight is 2190 g/mol. The molecule has 0 saturated heterocycles. The summed E-state index contributed by atoms with van der Waals surface area (Å²) >= 11 is 8.69. The van der Waals surface area contributed by atoms with E-state index in [2.05, 4.69) is 431 Å². The molecule has 0 unspecified atom stereocenters. The molecule has 15 rings (SSSR count). The van der Waals surface area contributed by atoms with E-state index in [-0.39, 0.29) is 177 Å². The van der Waals surface area contributed by atoms with Crippen LogP contribution in [0.5, 0.6) is 0 Å². The van der Waals surface area contributed by atoms with Crippen LogP contribution in [0.3, 0.4) is 0 Å². The fourth-order valence-corrected chi connectivity index (χ4v) is 13.8. The molecule has 0 radical (unpaired) electrons. The fourth-order valence-electron chi connectivity index (χ4n) is 9.87. The number of thiazole rings is 3. The molecule has 0 saturated carbocycles. The number of hydrogen-bond acceptors (Lipinski definition) is 20. The second-order valence-corrected chi connectivity index (χ2v) is 52.1. The Labute approximate surface area is 946 Å². The molecule has 870 valence electrons. The maximum atomic E-state index is 5.20. The van der Waals surface area contributed by atoms with Crippen molar-refractivity contribution in [2.24, 2.45) is 0 Å². The van der Waals surface area contributed by atoms with Gasteiger partial charge >= 0.3 is 0 Å². The van der Waals surface area contributed by atoms with E-state index in [0.717, 1.165) is 34.4 Å². The summed E-state index contributed by atoms with van der Waals surface area (Å²) in [6, 6.07) is 24.6. The molecular weight excluding hydrogens is 1950 g/mol. The smallest absolute Gasteiger partial charge is 0.199 e. The summed E-state index contributed by atoms with van der Waals surface area (Å²) in [5.41, 5.74) is 15.5. The van der Waals surface area contributed by atoms with Gasteiger partial charge < -0.3 is 45.7 Å². The first-order valence-electron chi connectivity index (χ1n) is 46.3. The maximum Gasteiger partial charge on any atom is 0.199 e. The van der Waals surface area contributed by atoms with Gasteiger partial charge in [0.1, 0.15) is 36.1 Å². The molecule has 0 atom stereocenters. The zero-order valence-corrected chi connectivity index (χ0v) is 95.4. The first kappa shape index (κ1) is 174. The SMILES string of the molecule is C.C.C.C.C.C.C.C.C.C.C.C.C.C.C.CC(C)(C)c1cc[nH]c1.CC(C)(C)c1ccc[nH]1.CC(C)(C)c1ccco1.CC(C)(C)c1cccs1.CC(C)(C)c1ccno1.CC(C)(C)c1ccoc1.CC(C)(C)c1ccsc1.CC(C)(C)c1cnco1.CC(C)(C)c1cncs1.CC(C)(C)c1cnoc1.CC(C)(C)c1cocn1.CC(C)(C)c1cscn1.CC(C)(C)c1ncco1.CC(C)(C)c1nccs1.CC(C)(C)n1cccc1. The van der Waals surface area contributed by atoms with E-state index in [1.54, 1.807) is 108 Å². The van der Waals surface area contributed by atoms with Crippen LogP contribution in [0.15, 0.2) is 260 Å². The lowest BCUT2D eigenvalue weighted by Crippen LogP contribution is -2.19. The molecule has 15 aromatic heterocycles. The van der Waals surface area contributed by atoms with Crippen LogP contribution in [-0.2, 0) is 81.3 Å². The third-order valence-electron chi connectivity index (χ3n) is 18.9. The third kappa shape index (κ3) is 76.3. The summed E-state index contributed by atoms with van der Waals surface area (Å²) in [6.45, 7) is 97.1. The van der Waals surface area contributed by atoms with Gasteiger partial charge in [0.05, 0.1) is 71.0 Å². The topological polar surface area (TPSA) is 232 Å². The Kier molecular flexibility index (Phi) is 90.4. The summed E-state index contributed by atoms with van der Waals surface area (Å²) in [4.78, 5) is 33.3. The van der Waals surface area contributed by atoms with Crippen molar-refractivity contribution in [3.63, 3.8) is 0 Å². The first-order chi connectivity index (χ1) is 61.6. The van der Waals surface area contributed by atoms with E-state index in [0.29, 0.717) is 16.2 Å². The van der Waals surface area contributed by atoms with Crippen LogP contribution in [0.1, 0.15) is 500 Å². The number of H-pyrrole nitrogens is 2. The van der Waals surface area contributed by atoms with Crippen molar-refractivity contribution < 1.29 is 31.1 Å². The number of hydrogen-bond donors (Lipinski definition) is 2. The summed E-state index contributed by atoms with van der Waals surface area (Å²) in [5, 5.41) is 19.0. The Morgan fingerprint density at radius 2 is 0.840 bits per heavy atom. The van der Waals surface area contributed by atoms with Crippen molar-refractivity contribution in [2.75, 3.05) is 0 Å². The number of aromatic amines is 2. The zero-order valence-electron chi connectivity index (χ0n) is 91.4. The van der Waals surface area contributed by atoms with Gasteiger partial charge in [-0.15, -0.1) is 45.3 Å². The molecular formula is C127H235N11O7S5. The summed E-state index contributed by atoms with van der Waals surface area (Å²) < 4.78 is 37.0. The number of rotatable bonds is 0. The molecule has 18 nitrogen and oxygen atoms in total. The van der Waals surface area contributed by atoms with Crippen LogP contribution >= 0.6 is 56.7 Å². The van der Waals surface area contributed by atoms with Crippen molar-refractivity contribution >= 4 is 56.7 Å². The number of thiophene rings is 2. The van der Waals surface area contributed by atoms with E-state index in [4.69, 9.17) is 31.1 Å². The fraction of sp³-hybridized carbons (Fsp3) is 0.591. The molecule has 0 fully saturated rings. The van der Waals surface area contributed by atoms with Crippen LogP contribution in [0.4, 0.5) is 0 Å². The van der Waals surface area contributed by atoms with Crippen molar-refractivity contribution in [1.29, 1.82) is 0 Å². The Bertz CT molecular complexity index is 3860. The molecule has 150 heavy (non-hydrogen) atoms. The van der Waals surface area contributed by atoms with Crippen LogP contribution in [0.2, 0.25) is 0 Å². The molecule has 0 amide bonds. The zero-order chi connectivity index (χ0) is 104. The number of nitrogens with zero attached hydrogens (tertiary/aromatic N) is 9.